The number of carbonyl (C=O) groups excluding carboxylic acids is 1. The maximum absolute atomic E-state index is 12.5. The molecule has 0 aliphatic carbocycles. The molecular formula is C20H26N2O5S. The molecule has 0 saturated heterocycles. The van der Waals surface area contributed by atoms with Crippen LogP contribution in [0.15, 0.2) is 53.4 Å². The van der Waals surface area contributed by atoms with E-state index in [1.54, 1.807) is 35.2 Å². The Hall–Kier alpha value is -2.74. The highest BCUT2D eigenvalue weighted by molar-refractivity contribution is 7.87. The first kappa shape index (κ1) is 21.6. The molecule has 0 bridgehead atoms. The second kappa shape index (κ2) is 9.45. The maximum Gasteiger partial charge on any atom is 0.339 e. The second-order valence-corrected chi connectivity index (χ2v) is 7.96. The Morgan fingerprint density at radius 1 is 1.11 bits per heavy atom. The highest BCUT2D eigenvalue weighted by Gasteiger charge is 2.19. The van der Waals surface area contributed by atoms with Gasteiger partial charge in [0.25, 0.3) is 0 Å². The Kier molecular flexibility index (Phi) is 7.28. The summed E-state index contributed by atoms with van der Waals surface area (Å²) < 4.78 is 35.3. The largest absolute Gasteiger partial charge is 0.497 e. The van der Waals surface area contributed by atoms with Gasteiger partial charge in [-0.3, -0.25) is 0 Å². The van der Waals surface area contributed by atoms with Crippen molar-refractivity contribution >= 4 is 16.1 Å². The predicted octanol–water partition coefficient (Wildman–Crippen LogP) is 3.40. The van der Waals surface area contributed by atoms with Crippen LogP contribution >= 0.6 is 0 Å². The van der Waals surface area contributed by atoms with Crippen LogP contribution in [0.1, 0.15) is 26.3 Å². The number of carbonyl (C=O) groups is 1. The Morgan fingerprint density at radius 3 is 2.36 bits per heavy atom. The SMILES string of the molecule is CCNC(=O)N(Cc1cccc(OS(=O)(=O)c2ccc(OC)cc2)c1)C(C)C. The topological polar surface area (TPSA) is 84.9 Å². The summed E-state index contributed by atoms with van der Waals surface area (Å²) in [7, 11) is -2.47. The minimum absolute atomic E-state index is 0.0147. The van der Waals surface area contributed by atoms with E-state index in [9.17, 15) is 13.2 Å². The van der Waals surface area contributed by atoms with Gasteiger partial charge in [-0.25, -0.2) is 4.79 Å². The van der Waals surface area contributed by atoms with Crippen LogP contribution in [0.25, 0.3) is 0 Å². The lowest BCUT2D eigenvalue weighted by Gasteiger charge is -2.27. The minimum atomic E-state index is -3.97. The van der Waals surface area contributed by atoms with Gasteiger partial charge in [-0.2, -0.15) is 8.42 Å². The fourth-order valence-corrected chi connectivity index (χ4v) is 3.47. The van der Waals surface area contributed by atoms with Gasteiger partial charge in [-0.05, 0) is 62.7 Å². The summed E-state index contributed by atoms with van der Waals surface area (Å²) >= 11 is 0. The van der Waals surface area contributed by atoms with Gasteiger partial charge in [-0.1, -0.05) is 12.1 Å². The van der Waals surface area contributed by atoms with Crippen molar-refractivity contribution in [3.05, 3.63) is 54.1 Å². The molecule has 28 heavy (non-hydrogen) atoms. The van der Waals surface area contributed by atoms with Crippen molar-refractivity contribution in [1.82, 2.24) is 10.2 Å². The fourth-order valence-electron chi connectivity index (χ4n) is 2.55. The molecule has 2 amide bonds. The monoisotopic (exact) mass is 406 g/mol. The highest BCUT2D eigenvalue weighted by atomic mass is 32.2. The summed E-state index contributed by atoms with van der Waals surface area (Å²) in [6.07, 6.45) is 0. The van der Waals surface area contributed by atoms with Crippen molar-refractivity contribution in [2.75, 3.05) is 13.7 Å². The van der Waals surface area contributed by atoms with E-state index in [4.69, 9.17) is 8.92 Å². The summed E-state index contributed by atoms with van der Waals surface area (Å²) in [6, 6.07) is 12.5. The number of urea groups is 1. The van der Waals surface area contributed by atoms with E-state index in [1.165, 1.54) is 19.2 Å². The van der Waals surface area contributed by atoms with Crippen LogP contribution in [0.2, 0.25) is 0 Å². The van der Waals surface area contributed by atoms with Gasteiger partial charge in [0.2, 0.25) is 0 Å². The van der Waals surface area contributed by atoms with Crippen LogP contribution in [0, 0.1) is 0 Å². The zero-order valence-electron chi connectivity index (χ0n) is 16.5. The van der Waals surface area contributed by atoms with Crippen molar-refractivity contribution in [3.8, 4) is 11.5 Å². The Labute approximate surface area is 166 Å². The van der Waals surface area contributed by atoms with Gasteiger partial charge in [0.15, 0.2) is 0 Å². The minimum Gasteiger partial charge on any atom is -0.497 e. The number of rotatable bonds is 8. The van der Waals surface area contributed by atoms with Gasteiger partial charge in [0.1, 0.15) is 16.4 Å². The molecule has 1 N–H and O–H groups in total. The third-order valence-electron chi connectivity index (χ3n) is 4.02. The van der Waals surface area contributed by atoms with E-state index >= 15 is 0 Å². The molecule has 0 heterocycles. The third-order valence-corrected chi connectivity index (χ3v) is 5.28. The van der Waals surface area contributed by atoms with Gasteiger partial charge < -0.3 is 19.1 Å². The molecule has 2 aromatic carbocycles. The Morgan fingerprint density at radius 2 is 1.79 bits per heavy atom. The number of amides is 2. The van der Waals surface area contributed by atoms with Crippen molar-refractivity contribution in [2.45, 2.75) is 38.3 Å². The molecule has 0 radical (unpaired) electrons. The predicted molar refractivity (Wildman–Crippen MR) is 107 cm³/mol. The number of methoxy groups -OCH3 is 1. The first-order valence-electron chi connectivity index (χ1n) is 8.98. The molecular weight excluding hydrogens is 380 g/mol. The third kappa shape index (κ3) is 5.63. The summed E-state index contributed by atoms with van der Waals surface area (Å²) in [4.78, 5) is 13.9. The highest BCUT2D eigenvalue weighted by Crippen LogP contribution is 2.22. The first-order chi connectivity index (χ1) is 13.3. The molecule has 7 nitrogen and oxygen atoms in total. The number of nitrogens with one attached hydrogen (secondary N) is 1. The molecule has 0 unspecified atom stereocenters. The van der Waals surface area contributed by atoms with Gasteiger partial charge in [-0.15, -0.1) is 0 Å². The van der Waals surface area contributed by atoms with E-state index in [1.807, 2.05) is 26.8 Å². The number of nitrogens with zero attached hydrogens (tertiary/aromatic N) is 1. The van der Waals surface area contributed by atoms with Crippen molar-refractivity contribution in [2.24, 2.45) is 0 Å². The van der Waals surface area contributed by atoms with Crippen LogP contribution in [0.5, 0.6) is 11.5 Å². The summed E-state index contributed by atoms with van der Waals surface area (Å²) in [5.74, 6) is 0.744. The van der Waals surface area contributed by atoms with Crippen molar-refractivity contribution in [1.29, 1.82) is 0 Å². The quantitative estimate of drug-likeness (QED) is 0.679. The molecule has 0 aliphatic heterocycles. The zero-order chi connectivity index (χ0) is 20.7. The lowest BCUT2D eigenvalue weighted by Crippen LogP contribution is -2.43. The molecule has 2 rings (SSSR count). The van der Waals surface area contributed by atoms with Gasteiger partial charge in [0, 0.05) is 19.1 Å². The average molecular weight is 407 g/mol. The lowest BCUT2D eigenvalue weighted by atomic mass is 10.2. The van der Waals surface area contributed by atoms with Crippen molar-refractivity contribution < 1.29 is 22.1 Å². The van der Waals surface area contributed by atoms with Crippen LogP contribution < -0.4 is 14.2 Å². The molecule has 152 valence electrons. The van der Waals surface area contributed by atoms with E-state index in [0.29, 0.717) is 18.8 Å². The number of ether oxygens (including phenoxy) is 1. The summed E-state index contributed by atoms with van der Waals surface area (Å²) in [5, 5.41) is 2.78. The molecule has 2 aromatic rings. The molecule has 0 spiro atoms. The lowest BCUT2D eigenvalue weighted by molar-refractivity contribution is 0.180. The van der Waals surface area contributed by atoms with Crippen LogP contribution in [-0.2, 0) is 16.7 Å². The van der Waals surface area contributed by atoms with Crippen LogP contribution in [0.3, 0.4) is 0 Å². The standard InChI is InChI=1S/C20H26N2O5S/c1-5-21-20(23)22(15(2)3)14-16-7-6-8-18(13-16)27-28(24,25)19-11-9-17(26-4)10-12-19/h6-13,15H,5,14H2,1-4H3,(H,21,23). The van der Waals surface area contributed by atoms with Gasteiger partial charge >= 0.3 is 16.1 Å². The van der Waals surface area contributed by atoms with E-state index in [2.05, 4.69) is 5.32 Å². The Balaban J connectivity index is 2.18. The maximum atomic E-state index is 12.5. The average Bonchev–Trinajstić information content (AvgIpc) is 2.66. The van der Waals surface area contributed by atoms with E-state index < -0.39 is 10.1 Å². The molecule has 0 atom stereocenters. The van der Waals surface area contributed by atoms with Crippen LogP contribution in [-0.4, -0.2) is 39.0 Å². The molecule has 0 saturated carbocycles. The van der Waals surface area contributed by atoms with E-state index in [0.717, 1.165) is 5.56 Å². The summed E-state index contributed by atoms with van der Waals surface area (Å²) in [5.41, 5.74) is 0.766. The second-order valence-electron chi connectivity index (χ2n) is 6.42. The molecule has 0 aromatic heterocycles. The van der Waals surface area contributed by atoms with E-state index in [-0.39, 0.29) is 22.7 Å². The number of hydrogen-bond acceptors (Lipinski definition) is 5. The van der Waals surface area contributed by atoms with Crippen molar-refractivity contribution in [3.63, 3.8) is 0 Å². The number of benzene rings is 2. The molecule has 0 fully saturated rings. The molecule has 8 heteroatoms. The smallest absolute Gasteiger partial charge is 0.339 e. The zero-order valence-corrected chi connectivity index (χ0v) is 17.3. The first-order valence-corrected chi connectivity index (χ1v) is 10.4. The van der Waals surface area contributed by atoms with Crippen LogP contribution in [0.4, 0.5) is 4.79 Å². The Bertz CT molecular complexity index is 895. The fraction of sp³-hybridized carbons (Fsp3) is 0.350. The normalized spacial score (nSPS) is 11.2. The summed E-state index contributed by atoms with van der Waals surface area (Å²) in [6.45, 7) is 6.57. The number of hydrogen-bond donors (Lipinski definition) is 1. The molecule has 0 aliphatic rings. The van der Waals surface area contributed by atoms with Gasteiger partial charge in [0.05, 0.1) is 7.11 Å².